The summed E-state index contributed by atoms with van der Waals surface area (Å²) in [5.41, 5.74) is 1.00. The quantitative estimate of drug-likeness (QED) is 0.741. The van der Waals surface area contributed by atoms with E-state index in [-0.39, 0.29) is 0 Å². The molecule has 1 saturated heterocycles. The SMILES string of the molecule is c1ccc(-c2nc(-c3cccs3)nc(N3CCOCC3)n2)cc1. The van der Waals surface area contributed by atoms with E-state index in [9.17, 15) is 0 Å². The molecule has 23 heavy (non-hydrogen) atoms. The van der Waals surface area contributed by atoms with Crippen molar-refractivity contribution in [2.45, 2.75) is 0 Å². The van der Waals surface area contributed by atoms with E-state index < -0.39 is 0 Å². The van der Waals surface area contributed by atoms with Crippen LogP contribution in [0, 0.1) is 0 Å². The third-order valence-corrected chi connectivity index (χ3v) is 4.56. The molecule has 0 atom stereocenters. The van der Waals surface area contributed by atoms with E-state index >= 15 is 0 Å². The van der Waals surface area contributed by atoms with Gasteiger partial charge in [-0.2, -0.15) is 9.97 Å². The maximum atomic E-state index is 5.43. The minimum atomic E-state index is 0.709. The fourth-order valence-electron chi connectivity index (χ4n) is 2.50. The van der Waals surface area contributed by atoms with Crippen LogP contribution in [0.15, 0.2) is 47.8 Å². The molecular weight excluding hydrogens is 308 g/mol. The van der Waals surface area contributed by atoms with Crippen LogP contribution in [0.4, 0.5) is 5.95 Å². The van der Waals surface area contributed by atoms with Crippen LogP contribution in [-0.4, -0.2) is 41.3 Å². The van der Waals surface area contributed by atoms with Gasteiger partial charge in [0.1, 0.15) is 0 Å². The molecule has 4 rings (SSSR count). The first-order chi connectivity index (χ1) is 11.4. The topological polar surface area (TPSA) is 51.1 Å². The van der Waals surface area contributed by atoms with Gasteiger partial charge in [0.2, 0.25) is 5.95 Å². The summed E-state index contributed by atoms with van der Waals surface area (Å²) in [7, 11) is 0. The maximum Gasteiger partial charge on any atom is 0.229 e. The third-order valence-electron chi connectivity index (χ3n) is 3.69. The summed E-state index contributed by atoms with van der Waals surface area (Å²) in [5.74, 6) is 2.17. The Morgan fingerprint density at radius 2 is 1.65 bits per heavy atom. The van der Waals surface area contributed by atoms with Crippen LogP contribution in [-0.2, 0) is 4.74 Å². The molecule has 1 aliphatic heterocycles. The van der Waals surface area contributed by atoms with Crippen LogP contribution in [0.25, 0.3) is 22.1 Å². The number of thiophene rings is 1. The predicted octanol–water partition coefficient (Wildman–Crippen LogP) is 3.10. The van der Waals surface area contributed by atoms with Gasteiger partial charge in [-0.25, -0.2) is 4.98 Å². The van der Waals surface area contributed by atoms with Crippen molar-refractivity contribution in [2.75, 3.05) is 31.2 Å². The van der Waals surface area contributed by atoms with Gasteiger partial charge in [-0.1, -0.05) is 36.4 Å². The van der Waals surface area contributed by atoms with Gasteiger partial charge in [0.05, 0.1) is 18.1 Å². The molecule has 0 aliphatic carbocycles. The zero-order chi connectivity index (χ0) is 15.5. The molecule has 3 heterocycles. The summed E-state index contributed by atoms with van der Waals surface area (Å²) in [6, 6.07) is 14.1. The van der Waals surface area contributed by atoms with Crippen LogP contribution in [0.2, 0.25) is 0 Å². The summed E-state index contributed by atoms with van der Waals surface area (Å²) in [6.45, 7) is 3.03. The molecule has 0 N–H and O–H groups in total. The zero-order valence-corrected chi connectivity index (χ0v) is 13.4. The molecule has 1 fully saturated rings. The van der Waals surface area contributed by atoms with E-state index in [4.69, 9.17) is 4.74 Å². The van der Waals surface area contributed by atoms with Crippen molar-refractivity contribution >= 4 is 17.3 Å². The van der Waals surface area contributed by atoms with E-state index in [1.165, 1.54) is 0 Å². The monoisotopic (exact) mass is 324 g/mol. The number of morpholine rings is 1. The number of aromatic nitrogens is 3. The van der Waals surface area contributed by atoms with E-state index in [0.29, 0.717) is 19.0 Å². The van der Waals surface area contributed by atoms with Crippen molar-refractivity contribution in [1.82, 2.24) is 15.0 Å². The number of benzene rings is 1. The molecular formula is C17H16N4OS. The summed E-state index contributed by atoms with van der Waals surface area (Å²) < 4.78 is 5.43. The van der Waals surface area contributed by atoms with Gasteiger partial charge >= 0.3 is 0 Å². The maximum absolute atomic E-state index is 5.43. The predicted molar refractivity (Wildman–Crippen MR) is 91.6 cm³/mol. The summed E-state index contributed by atoms with van der Waals surface area (Å²) in [5, 5.41) is 2.04. The average molecular weight is 324 g/mol. The Morgan fingerprint density at radius 3 is 2.39 bits per heavy atom. The average Bonchev–Trinajstić information content (AvgIpc) is 3.18. The van der Waals surface area contributed by atoms with Crippen molar-refractivity contribution in [3.63, 3.8) is 0 Å². The standard InChI is InChI=1S/C17H16N4OS/c1-2-5-13(6-3-1)15-18-16(14-7-4-12-23-14)20-17(19-15)21-8-10-22-11-9-21/h1-7,12H,8-11H2. The molecule has 0 radical (unpaired) electrons. The highest BCUT2D eigenvalue weighted by atomic mass is 32.1. The molecule has 0 spiro atoms. The van der Waals surface area contributed by atoms with Crippen LogP contribution < -0.4 is 4.90 Å². The Kier molecular flexibility index (Phi) is 4.00. The molecule has 0 saturated carbocycles. The largest absolute Gasteiger partial charge is 0.378 e. The van der Waals surface area contributed by atoms with Crippen molar-refractivity contribution < 1.29 is 4.74 Å². The molecule has 0 bridgehead atoms. The molecule has 6 heteroatoms. The van der Waals surface area contributed by atoms with Crippen LogP contribution >= 0.6 is 11.3 Å². The van der Waals surface area contributed by atoms with Crippen molar-refractivity contribution in [1.29, 1.82) is 0 Å². The minimum Gasteiger partial charge on any atom is -0.378 e. The van der Waals surface area contributed by atoms with Gasteiger partial charge in [0.25, 0.3) is 0 Å². The fraction of sp³-hybridized carbons (Fsp3) is 0.235. The molecule has 116 valence electrons. The lowest BCUT2D eigenvalue weighted by molar-refractivity contribution is 0.122. The first kappa shape index (κ1) is 14.3. The van der Waals surface area contributed by atoms with E-state index in [1.807, 2.05) is 47.8 Å². The smallest absolute Gasteiger partial charge is 0.229 e. The van der Waals surface area contributed by atoms with Crippen molar-refractivity contribution in [3.8, 4) is 22.1 Å². The van der Waals surface area contributed by atoms with Gasteiger partial charge in [-0.05, 0) is 11.4 Å². The van der Waals surface area contributed by atoms with E-state index in [0.717, 1.165) is 35.3 Å². The zero-order valence-electron chi connectivity index (χ0n) is 12.6. The first-order valence-corrected chi connectivity index (χ1v) is 8.46. The van der Waals surface area contributed by atoms with Crippen molar-refractivity contribution in [3.05, 3.63) is 47.8 Å². The Morgan fingerprint density at radius 1 is 0.870 bits per heavy atom. The number of rotatable bonds is 3. The Hall–Kier alpha value is -2.31. The van der Waals surface area contributed by atoms with E-state index in [1.54, 1.807) is 11.3 Å². The summed E-state index contributed by atoms with van der Waals surface area (Å²) in [4.78, 5) is 17.3. The highest BCUT2D eigenvalue weighted by Crippen LogP contribution is 2.26. The third kappa shape index (κ3) is 3.09. The number of ether oxygens (including phenoxy) is 1. The van der Waals surface area contributed by atoms with Gasteiger partial charge in [-0.15, -0.1) is 11.3 Å². The van der Waals surface area contributed by atoms with Gasteiger partial charge in [0.15, 0.2) is 11.6 Å². The van der Waals surface area contributed by atoms with Crippen molar-refractivity contribution in [2.24, 2.45) is 0 Å². The van der Waals surface area contributed by atoms with Gasteiger partial charge < -0.3 is 9.64 Å². The van der Waals surface area contributed by atoms with Crippen LogP contribution in [0.3, 0.4) is 0 Å². The highest BCUT2D eigenvalue weighted by Gasteiger charge is 2.18. The normalized spacial score (nSPS) is 14.9. The molecule has 1 aromatic carbocycles. The number of anilines is 1. The number of nitrogens with zero attached hydrogens (tertiary/aromatic N) is 4. The molecule has 2 aromatic heterocycles. The second-order valence-corrected chi connectivity index (χ2v) is 6.17. The second-order valence-electron chi connectivity index (χ2n) is 5.23. The van der Waals surface area contributed by atoms with E-state index in [2.05, 4.69) is 19.9 Å². The Balaban J connectivity index is 1.80. The Labute approximate surface area is 138 Å². The summed E-state index contributed by atoms with van der Waals surface area (Å²) in [6.07, 6.45) is 0. The lowest BCUT2D eigenvalue weighted by Crippen LogP contribution is -2.37. The molecule has 0 unspecified atom stereocenters. The number of hydrogen-bond acceptors (Lipinski definition) is 6. The van der Waals surface area contributed by atoms with Gasteiger partial charge in [-0.3, -0.25) is 0 Å². The molecule has 0 amide bonds. The minimum absolute atomic E-state index is 0.709. The van der Waals surface area contributed by atoms with Gasteiger partial charge in [0, 0.05) is 18.7 Å². The lowest BCUT2D eigenvalue weighted by atomic mass is 10.2. The molecule has 1 aliphatic rings. The first-order valence-electron chi connectivity index (χ1n) is 7.58. The van der Waals surface area contributed by atoms with Crippen LogP contribution in [0.1, 0.15) is 0 Å². The van der Waals surface area contributed by atoms with Crippen LogP contribution in [0.5, 0.6) is 0 Å². The summed E-state index contributed by atoms with van der Waals surface area (Å²) >= 11 is 1.64. The lowest BCUT2D eigenvalue weighted by Gasteiger charge is -2.27. The number of hydrogen-bond donors (Lipinski definition) is 0. The fourth-order valence-corrected chi connectivity index (χ4v) is 3.16. The highest BCUT2D eigenvalue weighted by molar-refractivity contribution is 7.13. The second kappa shape index (κ2) is 6.44. The Bertz CT molecular complexity index is 771. The molecule has 3 aromatic rings. The molecule has 5 nitrogen and oxygen atoms in total.